The van der Waals surface area contributed by atoms with Crippen molar-refractivity contribution in [1.29, 1.82) is 5.26 Å². The van der Waals surface area contributed by atoms with Gasteiger partial charge in [0.25, 0.3) is 0 Å². The van der Waals surface area contributed by atoms with Crippen molar-refractivity contribution in [1.82, 2.24) is 0 Å². The predicted molar refractivity (Wildman–Crippen MR) is 71.5 cm³/mol. The summed E-state index contributed by atoms with van der Waals surface area (Å²) in [6.45, 7) is 0.0158. The molecule has 1 atom stereocenters. The highest BCUT2D eigenvalue weighted by molar-refractivity contribution is 5.91. The number of nitrogens with one attached hydrogen (secondary N) is 1. The summed E-state index contributed by atoms with van der Waals surface area (Å²) in [5, 5.41) is 11.2. The maximum atomic E-state index is 11.7. The molecular formula is C14H17N3O2. The van der Waals surface area contributed by atoms with Crippen molar-refractivity contribution in [3.8, 4) is 11.8 Å². The minimum absolute atomic E-state index is 0.0158. The van der Waals surface area contributed by atoms with E-state index in [9.17, 15) is 4.79 Å². The number of hydrogen-bond donors (Lipinski definition) is 2. The Morgan fingerprint density at radius 1 is 1.47 bits per heavy atom. The summed E-state index contributed by atoms with van der Waals surface area (Å²) >= 11 is 0. The Balaban J connectivity index is 1.81. The van der Waals surface area contributed by atoms with Crippen molar-refractivity contribution >= 4 is 11.6 Å². The summed E-state index contributed by atoms with van der Waals surface area (Å²) in [5.74, 6) is 1.06. The number of ether oxygens (including phenoxy) is 1. The first kappa shape index (κ1) is 13.4. The van der Waals surface area contributed by atoms with Gasteiger partial charge in [-0.3, -0.25) is 4.79 Å². The van der Waals surface area contributed by atoms with E-state index in [1.54, 1.807) is 24.3 Å². The SMILES string of the molecule is N#CCOc1ccc(NC(=O)CC(N)C2CC2)cc1. The fourth-order valence-electron chi connectivity index (χ4n) is 1.87. The lowest BCUT2D eigenvalue weighted by molar-refractivity contribution is -0.116. The third-order valence-electron chi connectivity index (χ3n) is 3.09. The van der Waals surface area contributed by atoms with E-state index in [0.29, 0.717) is 23.8 Å². The number of carbonyl (C=O) groups is 1. The molecule has 0 aromatic heterocycles. The summed E-state index contributed by atoms with van der Waals surface area (Å²) in [6, 6.07) is 8.78. The molecule has 1 aromatic carbocycles. The minimum atomic E-state index is -0.0647. The second-order valence-corrected chi connectivity index (χ2v) is 4.72. The van der Waals surface area contributed by atoms with Gasteiger partial charge in [0.15, 0.2) is 6.61 Å². The molecule has 100 valence electrons. The zero-order chi connectivity index (χ0) is 13.7. The van der Waals surface area contributed by atoms with E-state index in [1.807, 2.05) is 6.07 Å². The van der Waals surface area contributed by atoms with Gasteiger partial charge in [-0.15, -0.1) is 0 Å². The minimum Gasteiger partial charge on any atom is -0.479 e. The molecule has 1 saturated carbocycles. The lowest BCUT2D eigenvalue weighted by atomic mass is 10.1. The van der Waals surface area contributed by atoms with Crippen molar-refractivity contribution in [2.45, 2.75) is 25.3 Å². The summed E-state index contributed by atoms with van der Waals surface area (Å²) in [4.78, 5) is 11.7. The average Bonchev–Trinajstić information content (AvgIpc) is 3.22. The highest BCUT2D eigenvalue weighted by atomic mass is 16.5. The number of benzene rings is 1. The quantitative estimate of drug-likeness (QED) is 0.813. The average molecular weight is 259 g/mol. The van der Waals surface area contributed by atoms with Gasteiger partial charge in [0.1, 0.15) is 11.8 Å². The van der Waals surface area contributed by atoms with Crippen LogP contribution < -0.4 is 15.8 Å². The highest BCUT2D eigenvalue weighted by Gasteiger charge is 2.29. The molecule has 5 heteroatoms. The lowest BCUT2D eigenvalue weighted by Gasteiger charge is -2.10. The molecule has 1 fully saturated rings. The van der Waals surface area contributed by atoms with Gasteiger partial charge in [0.05, 0.1) is 0 Å². The van der Waals surface area contributed by atoms with Crippen molar-refractivity contribution in [3.05, 3.63) is 24.3 Å². The van der Waals surface area contributed by atoms with Gasteiger partial charge in [-0.2, -0.15) is 5.26 Å². The summed E-state index contributed by atoms with van der Waals surface area (Å²) < 4.78 is 5.13. The summed E-state index contributed by atoms with van der Waals surface area (Å²) in [7, 11) is 0. The van der Waals surface area contributed by atoms with E-state index in [1.165, 1.54) is 0 Å². The van der Waals surface area contributed by atoms with Crippen LogP contribution in [0.3, 0.4) is 0 Å². The molecule has 5 nitrogen and oxygen atoms in total. The van der Waals surface area contributed by atoms with Crippen molar-refractivity contribution in [2.75, 3.05) is 11.9 Å². The molecule has 2 rings (SSSR count). The van der Waals surface area contributed by atoms with E-state index >= 15 is 0 Å². The topological polar surface area (TPSA) is 88.1 Å². The lowest BCUT2D eigenvalue weighted by Crippen LogP contribution is -2.28. The van der Waals surface area contributed by atoms with Gasteiger partial charge in [-0.1, -0.05) is 0 Å². The van der Waals surface area contributed by atoms with Crippen LogP contribution in [0.5, 0.6) is 5.75 Å². The molecule has 1 aliphatic carbocycles. The predicted octanol–water partition coefficient (Wildman–Crippen LogP) is 1.65. The Kier molecular flexibility index (Phi) is 4.37. The largest absolute Gasteiger partial charge is 0.479 e. The number of nitrogens with zero attached hydrogens (tertiary/aromatic N) is 1. The molecule has 0 spiro atoms. The standard InChI is InChI=1S/C14H17N3O2/c15-7-8-19-12-5-3-11(4-6-12)17-14(18)9-13(16)10-1-2-10/h3-6,10,13H,1-2,8-9,16H2,(H,17,18). The maximum Gasteiger partial charge on any atom is 0.225 e. The second kappa shape index (κ2) is 6.21. The van der Waals surface area contributed by atoms with Crippen LogP contribution in [0, 0.1) is 17.2 Å². The van der Waals surface area contributed by atoms with E-state index in [2.05, 4.69) is 5.32 Å². The number of rotatable bonds is 6. The van der Waals surface area contributed by atoms with Gasteiger partial charge in [-0.05, 0) is 43.0 Å². The molecule has 1 unspecified atom stereocenters. The van der Waals surface area contributed by atoms with Gasteiger partial charge in [0, 0.05) is 18.2 Å². The van der Waals surface area contributed by atoms with Crippen LogP contribution in [0.25, 0.3) is 0 Å². The molecule has 0 saturated heterocycles. The second-order valence-electron chi connectivity index (χ2n) is 4.72. The number of nitriles is 1. The molecule has 3 N–H and O–H groups in total. The molecule has 0 heterocycles. The monoisotopic (exact) mass is 259 g/mol. The Morgan fingerprint density at radius 3 is 2.74 bits per heavy atom. The molecule has 0 radical (unpaired) electrons. The normalized spacial score (nSPS) is 15.4. The first-order chi connectivity index (χ1) is 9.19. The van der Waals surface area contributed by atoms with Gasteiger partial charge in [0.2, 0.25) is 5.91 Å². The van der Waals surface area contributed by atoms with Crippen LogP contribution in [-0.2, 0) is 4.79 Å². The molecule has 1 amide bonds. The smallest absolute Gasteiger partial charge is 0.225 e. The Bertz CT molecular complexity index is 474. The van der Waals surface area contributed by atoms with Crippen molar-refractivity contribution in [2.24, 2.45) is 11.7 Å². The third kappa shape index (κ3) is 4.27. The number of carbonyl (C=O) groups excluding carboxylic acids is 1. The fourth-order valence-corrected chi connectivity index (χ4v) is 1.87. The fraction of sp³-hybridized carbons (Fsp3) is 0.429. The van der Waals surface area contributed by atoms with Crippen LogP contribution in [-0.4, -0.2) is 18.6 Å². The van der Waals surface area contributed by atoms with Crippen molar-refractivity contribution < 1.29 is 9.53 Å². The number of hydrogen-bond acceptors (Lipinski definition) is 4. The van der Waals surface area contributed by atoms with Crippen LogP contribution in [0.4, 0.5) is 5.69 Å². The van der Waals surface area contributed by atoms with Crippen LogP contribution >= 0.6 is 0 Å². The molecule has 0 bridgehead atoms. The number of amides is 1. The van der Waals surface area contributed by atoms with Crippen LogP contribution in [0.15, 0.2) is 24.3 Å². The Hall–Kier alpha value is -2.06. The van der Waals surface area contributed by atoms with Crippen LogP contribution in [0.2, 0.25) is 0 Å². The van der Waals surface area contributed by atoms with Crippen molar-refractivity contribution in [3.63, 3.8) is 0 Å². The zero-order valence-corrected chi connectivity index (χ0v) is 10.6. The van der Waals surface area contributed by atoms with E-state index in [-0.39, 0.29) is 18.6 Å². The molecule has 1 aliphatic rings. The summed E-state index contributed by atoms with van der Waals surface area (Å²) in [6.07, 6.45) is 2.64. The zero-order valence-electron chi connectivity index (χ0n) is 10.6. The molecule has 19 heavy (non-hydrogen) atoms. The number of anilines is 1. The van der Waals surface area contributed by atoms with E-state index in [4.69, 9.17) is 15.7 Å². The van der Waals surface area contributed by atoms with Gasteiger partial charge < -0.3 is 15.8 Å². The highest BCUT2D eigenvalue weighted by Crippen LogP contribution is 2.32. The maximum absolute atomic E-state index is 11.7. The number of nitrogens with two attached hydrogens (primary N) is 1. The van der Waals surface area contributed by atoms with E-state index < -0.39 is 0 Å². The Labute approximate surface area is 112 Å². The summed E-state index contributed by atoms with van der Waals surface area (Å²) in [5.41, 5.74) is 6.61. The molecule has 1 aromatic rings. The van der Waals surface area contributed by atoms with Crippen LogP contribution in [0.1, 0.15) is 19.3 Å². The first-order valence-corrected chi connectivity index (χ1v) is 6.34. The Morgan fingerprint density at radius 2 is 2.16 bits per heavy atom. The molecular weight excluding hydrogens is 242 g/mol. The third-order valence-corrected chi connectivity index (χ3v) is 3.09. The first-order valence-electron chi connectivity index (χ1n) is 6.34. The van der Waals surface area contributed by atoms with Gasteiger partial charge >= 0.3 is 0 Å². The molecule has 0 aliphatic heterocycles. The van der Waals surface area contributed by atoms with E-state index in [0.717, 1.165) is 12.8 Å². The van der Waals surface area contributed by atoms with Gasteiger partial charge in [-0.25, -0.2) is 0 Å².